The van der Waals surface area contributed by atoms with Gasteiger partial charge in [-0.1, -0.05) is 6.92 Å². The Bertz CT molecular complexity index is 139. The maximum Gasteiger partial charge on any atom is 0.306 e. The second-order valence-electron chi connectivity index (χ2n) is 2.76. The van der Waals surface area contributed by atoms with Crippen LogP contribution in [0.15, 0.2) is 0 Å². The summed E-state index contributed by atoms with van der Waals surface area (Å²) in [7, 11) is 1.40. The van der Waals surface area contributed by atoms with Gasteiger partial charge >= 0.3 is 5.97 Å². The summed E-state index contributed by atoms with van der Waals surface area (Å²) in [6, 6.07) is 0.174. The molecular weight excluding hydrogens is 174 g/mol. The molecule has 0 saturated carbocycles. The summed E-state index contributed by atoms with van der Waals surface area (Å²) in [5.41, 5.74) is 5.65. The van der Waals surface area contributed by atoms with Gasteiger partial charge in [0.2, 0.25) is 0 Å². The Morgan fingerprint density at radius 1 is 1.58 bits per heavy atom. The number of esters is 1. The molecule has 3 nitrogen and oxygen atoms in total. The minimum atomic E-state index is -0.153. The second-order valence-corrected chi connectivity index (χ2v) is 4.25. The maximum atomic E-state index is 10.7. The van der Waals surface area contributed by atoms with Crippen molar-refractivity contribution in [2.24, 2.45) is 5.73 Å². The summed E-state index contributed by atoms with van der Waals surface area (Å²) in [5.74, 6) is 0.634. The molecule has 0 radical (unpaired) electrons. The van der Waals surface area contributed by atoms with E-state index in [2.05, 4.69) is 11.7 Å². The SMILES string of the molecule is COC(=O)CCSC(C)C(C)N. The molecule has 12 heavy (non-hydrogen) atoms. The fraction of sp³-hybridized carbons (Fsp3) is 0.875. The Kier molecular flexibility index (Phi) is 6.20. The molecule has 0 aromatic carbocycles. The van der Waals surface area contributed by atoms with Crippen LogP contribution in [0.4, 0.5) is 0 Å². The van der Waals surface area contributed by atoms with Gasteiger partial charge in [0.05, 0.1) is 13.5 Å². The summed E-state index contributed by atoms with van der Waals surface area (Å²) in [6.45, 7) is 4.03. The Hall–Kier alpha value is -0.220. The lowest BCUT2D eigenvalue weighted by molar-refractivity contribution is -0.140. The van der Waals surface area contributed by atoms with Crippen LogP contribution in [0.25, 0.3) is 0 Å². The molecule has 0 aliphatic rings. The summed E-state index contributed by atoms with van der Waals surface area (Å²) >= 11 is 1.70. The molecule has 0 fully saturated rings. The second kappa shape index (κ2) is 6.31. The van der Waals surface area contributed by atoms with E-state index in [9.17, 15) is 4.79 Å². The van der Waals surface area contributed by atoms with Gasteiger partial charge < -0.3 is 10.5 Å². The first-order valence-electron chi connectivity index (χ1n) is 4.02. The van der Waals surface area contributed by atoms with Crippen LogP contribution in [-0.4, -0.2) is 30.1 Å². The molecule has 2 N–H and O–H groups in total. The quantitative estimate of drug-likeness (QED) is 0.659. The molecule has 2 atom stereocenters. The fourth-order valence-corrected chi connectivity index (χ4v) is 1.54. The highest BCUT2D eigenvalue weighted by molar-refractivity contribution is 7.99. The summed E-state index contributed by atoms with van der Waals surface area (Å²) < 4.78 is 4.51. The Morgan fingerprint density at radius 3 is 2.58 bits per heavy atom. The number of rotatable bonds is 5. The van der Waals surface area contributed by atoms with Crippen molar-refractivity contribution < 1.29 is 9.53 Å². The van der Waals surface area contributed by atoms with E-state index in [4.69, 9.17) is 5.73 Å². The molecule has 0 saturated heterocycles. The zero-order chi connectivity index (χ0) is 9.56. The van der Waals surface area contributed by atoms with Gasteiger partial charge in [-0.25, -0.2) is 0 Å². The number of nitrogens with two attached hydrogens (primary N) is 1. The topological polar surface area (TPSA) is 52.3 Å². The molecule has 0 aromatic rings. The van der Waals surface area contributed by atoms with E-state index < -0.39 is 0 Å². The lowest BCUT2D eigenvalue weighted by atomic mass is 10.3. The van der Waals surface area contributed by atoms with Crippen molar-refractivity contribution in [3.63, 3.8) is 0 Å². The van der Waals surface area contributed by atoms with Gasteiger partial charge in [0.15, 0.2) is 0 Å². The third-order valence-electron chi connectivity index (χ3n) is 1.66. The minimum absolute atomic E-state index is 0.153. The maximum absolute atomic E-state index is 10.7. The third-order valence-corrected chi connectivity index (χ3v) is 3.05. The number of carbonyl (C=O) groups is 1. The standard InChI is InChI=1S/C8H17NO2S/c1-6(9)7(2)12-5-4-8(10)11-3/h6-7H,4-5,9H2,1-3H3. The van der Waals surface area contributed by atoms with Crippen LogP contribution < -0.4 is 5.73 Å². The molecule has 2 unspecified atom stereocenters. The largest absolute Gasteiger partial charge is 0.469 e. The summed E-state index contributed by atoms with van der Waals surface area (Å²) in [4.78, 5) is 10.7. The molecule has 0 heterocycles. The zero-order valence-electron chi connectivity index (χ0n) is 7.87. The van der Waals surface area contributed by atoms with Crippen LogP contribution >= 0.6 is 11.8 Å². The summed E-state index contributed by atoms with van der Waals surface area (Å²) in [5, 5.41) is 0.398. The highest BCUT2D eigenvalue weighted by Crippen LogP contribution is 2.13. The zero-order valence-corrected chi connectivity index (χ0v) is 8.69. The van der Waals surface area contributed by atoms with Crippen molar-refractivity contribution >= 4 is 17.7 Å². The molecule has 0 rings (SSSR count). The van der Waals surface area contributed by atoms with Gasteiger partial charge in [0.25, 0.3) is 0 Å². The highest BCUT2D eigenvalue weighted by Gasteiger charge is 2.08. The number of ether oxygens (including phenoxy) is 1. The first-order valence-corrected chi connectivity index (χ1v) is 5.06. The molecule has 0 amide bonds. The van der Waals surface area contributed by atoms with Gasteiger partial charge in [0.1, 0.15) is 0 Å². The smallest absolute Gasteiger partial charge is 0.306 e. The van der Waals surface area contributed by atoms with E-state index in [0.29, 0.717) is 11.7 Å². The number of methoxy groups -OCH3 is 1. The molecule has 0 aliphatic heterocycles. The van der Waals surface area contributed by atoms with Gasteiger partial charge in [-0.2, -0.15) is 11.8 Å². The fourth-order valence-electron chi connectivity index (χ4n) is 0.582. The van der Waals surface area contributed by atoms with Crippen LogP contribution in [-0.2, 0) is 9.53 Å². The normalized spacial score (nSPS) is 15.3. The van der Waals surface area contributed by atoms with E-state index >= 15 is 0 Å². The van der Waals surface area contributed by atoms with E-state index in [0.717, 1.165) is 5.75 Å². The molecule has 0 spiro atoms. The van der Waals surface area contributed by atoms with Crippen molar-refractivity contribution in [2.45, 2.75) is 31.6 Å². The first-order chi connectivity index (χ1) is 5.57. The van der Waals surface area contributed by atoms with E-state index in [1.807, 2.05) is 6.92 Å². The molecule has 0 aliphatic carbocycles. The number of hydrogen-bond donors (Lipinski definition) is 1. The van der Waals surface area contributed by atoms with Gasteiger partial charge in [-0.15, -0.1) is 0 Å². The molecule has 0 aromatic heterocycles. The van der Waals surface area contributed by atoms with Crippen molar-refractivity contribution in [2.75, 3.05) is 12.9 Å². The Labute approximate surface area is 78.0 Å². The van der Waals surface area contributed by atoms with Crippen LogP contribution in [0.2, 0.25) is 0 Å². The average Bonchev–Trinajstić information content (AvgIpc) is 2.03. The minimum Gasteiger partial charge on any atom is -0.469 e. The molecular formula is C8H17NO2S. The van der Waals surface area contributed by atoms with Crippen LogP contribution in [0, 0.1) is 0 Å². The monoisotopic (exact) mass is 191 g/mol. The van der Waals surface area contributed by atoms with E-state index in [1.165, 1.54) is 7.11 Å². The molecule has 72 valence electrons. The van der Waals surface area contributed by atoms with Gasteiger partial charge in [-0.3, -0.25) is 4.79 Å². The first kappa shape index (κ1) is 11.8. The predicted molar refractivity (Wildman–Crippen MR) is 52.2 cm³/mol. The lowest BCUT2D eigenvalue weighted by Crippen LogP contribution is -2.26. The number of carbonyl (C=O) groups excluding carboxylic acids is 1. The molecule has 4 heteroatoms. The van der Waals surface area contributed by atoms with Crippen molar-refractivity contribution in [3.05, 3.63) is 0 Å². The lowest BCUT2D eigenvalue weighted by Gasteiger charge is -2.13. The van der Waals surface area contributed by atoms with E-state index in [1.54, 1.807) is 11.8 Å². The summed E-state index contributed by atoms with van der Waals surface area (Å²) in [6.07, 6.45) is 0.470. The van der Waals surface area contributed by atoms with Crippen molar-refractivity contribution in [1.82, 2.24) is 0 Å². The van der Waals surface area contributed by atoms with Crippen molar-refractivity contribution in [1.29, 1.82) is 0 Å². The predicted octanol–water partition coefficient (Wildman–Crippen LogP) is 1.02. The van der Waals surface area contributed by atoms with Crippen LogP contribution in [0.1, 0.15) is 20.3 Å². The number of thioether (sulfide) groups is 1. The van der Waals surface area contributed by atoms with Gasteiger partial charge in [-0.05, 0) is 6.92 Å². The van der Waals surface area contributed by atoms with E-state index in [-0.39, 0.29) is 12.0 Å². The highest BCUT2D eigenvalue weighted by atomic mass is 32.2. The third kappa shape index (κ3) is 5.43. The van der Waals surface area contributed by atoms with Crippen LogP contribution in [0.5, 0.6) is 0 Å². The van der Waals surface area contributed by atoms with Crippen molar-refractivity contribution in [3.8, 4) is 0 Å². The van der Waals surface area contributed by atoms with Gasteiger partial charge in [0, 0.05) is 17.0 Å². The Morgan fingerprint density at radius 2 is 2.17 bits per heavy atom. The molecule has 0 bridgehead atoms. The Balaban J connectivity index is 3.37. The number of hydrogen-bond acceptors (Lipinski definition) is 4. The average molecular weight is 191 g/mol. The van der Waals surface area contributed by atoms with Crippen LogP contribution in [0.3, 0.4) is 0 Å².